The Morgan fingerprint density at radius 3 is 2.72 bits per heavy atom. The fraction of sp³-hybridized carbons (Fsp3) is 0.556. The number of sulfonamides is 1. The molecule has 2 aliphatic heterocycles. The average Bonchev–Trinajstić information content (AvgIpc) is 3.06. The lowest BCUT2D eigenvalue weighted by molar-refractivity contribution is -0.138. The molecule has 1 saturated heterocycles. The lowest BCUT2D eigenvalue weighted by atomic mass is 9.93. The van der Waals surface area contributed by atoms with Crippen LogP contribution in [0.5, 0.6) is 0 Å². The quantitative estimate of drug-likeness (QED) is 0.824. The van der Waals surface area contributed by atoms with E-state index in [1.165, 1.54) is 9.21 Å². The highest BCUT2D eigenvalue weighted by atomic mass is 32.2. The molecule has 1 fully saturated rings. The molecule has 1 aromatic rings. The van der Waals surface area contributed by atoms with E-state index in [4.69, 9.17) is 0 Å². The maximum atomic E-state index is 13.2. The number of nitrogens with zero attached hydrogens (tertiary/aromatic N) is 3. The number of benzene rings is 1. The van der Waals surface area contributed by atoms with E-state index >= 15 is 0 Å². The van der Waals surface area contributed by atoms with Gasteiger partial charge in [0.05, 0.1) is 17.0 Å². The topological polar surface area (TPSA) is 81.5 Å². The number of rotatable bonds is 3. The molecule has 1 atom stereocenters. The molecule has 0 aromatic heterocycles. The van der Waals surface area contributed by atoms with Crippen LogP contribution in [0.1, 0.15) is 32.3 Å². The van der Waals surface area contributed by atoms with E-state index in [0.717, 1.165) is 11.3 Å². The summed E-state index contributed by atoms with van der Waals surface area (Å²) in [5.74, 6) is -0.295. The summed E-state index contributed by atoms with van der Waals surface area (Å²) < 4.78 is 27.8. The summed E-state index contributed by atoms with van der Waals surface area (Å²) in [5.41, 5.74) is 0.662. The Bertz CT molecular complexity index is 826. The summed E-state index contributed by atoms with van der Waals surface area (Å²) in [4.78, 5) is 14.1. The van der Waals surface area contributed by atoms with Crippen molar-refractivity contribution in [1.82, 2.24) is 4.90 Å². The molecule has 0 radical (unpaired) electrons. The molecule has 7 heteroatoms. The van der Waals surface area contributed by atoms with E-state index < -0.39 is 20.7 Å². The number of anilines is 1. The van der Waals surface area contributed by atoms with E-state index in [1.807, 2.05) is 30.3 Å². The van der Waals surface area contributed by atoms with Crippen molar-refractivity contribution in [2.45, 2.75) is 38.4 Å². The van der Waals surface area contributed by atoms with Crippen molar-refractivity contribution in [2.75, 3.05) is 23.9 Å². The Morgan fingerprint density at radius 2 is 2.00 bits per heavy atom. The fourth-order valence-electron chi connectivity index (χ4n) is 3.56. The molecule has 0 unspecified atom stereocenters. The van der Waals surface area contributed by atoms with Gasteiger partial charge in [-0.1, -0.05) is 18.2 Å². The minimum Gasteiger partial charge on any atom is -0.340 e. The number of fused-ring (bicyclic) bond motifs is 1. The van der Waals surface area contributed by atoms with Gasteiger partial charge < -0.3 is 4.90 Å². The third kappa shape index (κ3) is 3.11. The Morgan fingerprint density at radius 1 is 1.28 bits per heavy atom. The number of carbonyl (C=O) groups excluding carboxylic acids is 1. The van der Waals surface area contributed by atoms with Gasteiger partial charge in [-0.2, -0.15) is 5.26 Å². The van der Waals surface area contributed by atoms with Gasteiger partial charge in [-0.15, -0.1) is 0 Å². The van der Waals surface area contributed by atoms with Crippen molar-refractivity contribution in [1.29, 1.82) is 5.26 Å². The van der Waals surface area contributed by atoms with Crippen LogP contribution in [0.4, 0.5) is 5.69 Å². The third-order valence-corrected chi connectivity index (χ3v) is 7.27. The minimum atomic E-state index is -3.54. The number of carbonyl (C=O) groups is 1. The number of para-hydroxylation sites is 1. The van der Waals surface area contributed by atoms with Crippen LogP contribution in [0.25, 0.3) is 0 Å². The number of hydrogen-bond donors (Lipinski definition) is 0. The molecule has 134 valence electrons. The Balaban J connectivity index is 1.82. The third-order valence-electron chi connectivity index (χ3n) is 5.05. The van der Waals surface area contributed by atoms with Crippen LogP contribution < -0.4 is 4.31 Å². The molecule has 0 saturated carbocycles. The number of amides is 1. The number of piperidine rings is 1. The standard InChI is InChI=1S/C18H23N3O3S/c1-18(2,13-19)17(22)20-10-5-7-15(12-20)25(23,24)21-11-9-14-6-3-4-8-16(14)21/h3-4,6,8,15H,5,7,9-12H2,1-2H3/t15-/m0/s1. The van der Waals surface area contributed by atoms with Crippen molar-refractivity contribution in [3.63, 3.8) is 0 Å². The van der Waals surface area contributed by atoms with Crippen molar-refractivity contribution in [2.24, 2.45) is 5.41 Å². The van der Waals surface area contributed by atoms with E-state index in [-0.39, 0.29) is 12.5 Å². The molecule has 25 heavy (non-hydrogen) atoms. The monoisotopic (exact) mass is 361 g/mol. The lowest BCUT2D eigenvalue weighted by Crippen LogP contribution is -2.52. The van der Waals surface area contributed by atoms with Gasteiger partial charge in [0.1, 0.15) is 5.41 Å². The van der Waals surface area contributed by atoms with Crippen LogP contribution in [-0.2, 0) is 21.2 Å². The first-order valence-electron chi connectivity index (χ1n) is 8.57. The van der Waals surface area contributed by atoms with Gasteiger partial charge in [-0.25, -0.2) is 8.42 Å². The van der Waals surface area contributed by atoms with E-state index in [0.29, 0.717) is 32.4 Å². The molecule has 1 amide bonds. The van der Waals surface area contributed by atoms with Crippen molar-refractivity contribution in [3.05, 3.63) is 29.8 Å². The summed E-state index contributed by atoms with van der Waals surface area (Å²) in [6, 6.07) is 9.56. The maximum Gasteiger partial charge on any atom is 0.242 e. The lowest BCUT2D eigenvalue weighted by Gasteiger charge is -2.37. The van der Waals surface area contributed by atoms with Gasteiger partial charge in [0.25, 0.3) is 0 Å². The van der Waals surface area contributed by atoms with Crippen molar-refractivity contribution in [3.8, 4) is 6.07 Å². The zero-order valence-corrected chi connectivity index (χ0v) is 15.4. The first-order valence-corrected chi connectivity index (χ1v) is 10.1. The summed E-state index contributed by atoms with van der Waals surface area (Å²) in [7, 11) is -3.54. The van der Waals surface area contributed by atoms with Gasteiger partial charge in [0, 0.05) is 19.6 Å². The molecular weight excluding hydrogens is 338 g/mol. The van der Waals surface area contributed by atoms with E-state index in [9.17, 15) is 18.5 Å². The molecular formula is C18H23N3O3S. The summed E-state index contributed by atoms with van der Waals surface area (Å²) >= 11 is 0. The zero-order chi connectivity index (χ0) is 18.2. The Hall–Kier alpha value is -2.07. The molecule has 0 aliphatic carbocycles. The Labute approximate surface area is 149 Å². The molecule has 0 N–H and O–H groups in total. The fourth-order valence-corrected chi connectivity index (χ4v) is 5.55. The highest BCUT2D eigenvalue weighted by molar-refractivity contribution is 7.93. The van der Waals surface area contributed by atoms with Gasteiger partial charge >= 0.3 is 0 Å². The highest BCUT2D eigenvalue weighted by Gasteiger charge is 2.41. The SMILES string of the molecule is CC(C)(C#N)C(=O)N1CCC[C@H](S(=O)(=O)N2CCc3ccccc32)C1. The van der Waals surface area contributed by atoms with Gasteiger partial charge in [-0.3, -0.25) is 9.10 Å². The summed E-state index contributed by atoms with van der Waals surface area (Å²) in [6.07, 6.45) is 1.89. The van der Waals surface area contributed by atoms with Crippen LogP contribution >= 0.6 is 0 Å². The second kappa shape index (κ2) is 6.34. The number of hydrogen-bond acceptors (Lipinski definition) is 4. The van der Waals surface area contributed by atoms with Crippen molar-refractivity contribution >= 4 is 21.6 Å². The van der Waals surface area contributed by atoms with Crippen LogP contribution in [0.2, 0.25) is 0 Å². The van der Waals surface area contributed by atoms with Crippen LogP contribution in [0, 0.1) is 16.7 Å². The average molecular weight is 361 g/mol. The van der Waals surface area contributed by atoms with Crippen LogP contribution in [0.15, 0.2) is 24.3 Å². The molecule has 2 aliphatic rings. The predicted octanol–water partition coefficient (Wildman–Crippen LogP) is 1.92. The molecule has 3 rings (SSSR count). The second-order valence-electron chi connectivity index (χ2n) is 7.25. The van der Waals surface area contributed by atoms with Gasteiger partial charge in [-0.05, 0) is 44.7 Å². The predicted molar refractivity (Wildman–Crippen MR) is 95.4 cm³/mol. The summed E-state index contributed by atoms with van der Waals surface area (Å²) in [6.45, 7) is 4.27. The molecule has 2 heterocycles. The Kier molecular flexibility index (Phi) is 4.50. The first kappa shape index (κ1) is 17.7. The number of likely N-dealkylation sites (tertiary alicyclic amines) is 1. The van der Waals surface area contributed by atoms with Crippen LogP contribution in [0.3, 0.4) is 0 Å². The minimum absolute atomic E-state index is 0.158. The second-order valence-corrected chi connectivity index (χ2v) is 9.39. The van der Waals surface area contributed by atoms with Crippen molar-refractivity contribution < 1.29 is 13.2 Å². The molecule has 0 spiro atoms. The molecule has 0 bridgehead atoms. The molecule has 1 aromatic carbocycles. The largest absolute Gasteiger partial charge is 0.340 e. The number of nitriles is 1. The van der Waals surface area contributed by atoms with Crippen LogP contribution in [-0.4, -0.2) is 44.1 Å². The van der Waals surface area contributed by atoms with Gasteiger partial charge in [0.15, 0.2) is 0 Å². The smallest absolute Gasteiger partial charge is 0.242 e. The maximum absolute atomic E-state index is 13.2. The zero-order valence-electron chi connectivity index (χ0n) is 14.6. The van der Waals surface area contributed by atoms with E-state index in [1.54, 1.807) is 13.8 Å². The highest BCUT2D eigenvalue weighted by Crippen LogP contribution is 2.33. The normalized spacial score (nSPS) is 20.9. The van der Waals surface area contributed by atoms with Gasteiger partial charge in [0.2, 0.25) is 15.9 Å². The summed E-state index contributed by atoms with van der Waals surface area (Å²) in [5, 5.41) is 8.56. The first-order chi connectivity index (χ1) is 11.8. The molecule has 6 nitrogen and oxygen atoms in total. The van der Waals surface area contributed by atoms with E-state index in [2.05, 4.69) is 0 Å².